The summed E-state index contributed by atoms with van der Waals surface area (Å²) >= 11 is 1.70. The zero-order valence-electron chi connectivity index (χ0n) is 11.9. The summed E-state index contributed by atoms with van der Waals surface area (Å²) in [5.41, 5.74) is 1.04. The Morgan fingerprint density at radius 2 is 1.95 bits per heavy atom. The number of hydrogen-bond donors (Lipinski definition) is 1. The van der Waals surface area contributed by atoms with Gasteiger partial charge in [0, 0.05) is 11.4 Å². The zero-order chi connectivity index (χ0) is 13.8. The standard InChI is InChI=1S/C16H21N3S/c1-2-20-16-18-14-11-7-6-10-13(14)15(19-16)17-12-8-4-3-5-9-12/h6-7,10-12H,2-5,8-9H2,1H3,(H,17,18,19). The molecule has 3 rings (SSSR count). The number of hydrogen-bond acceptors (Lipinski definition) is 4. The van der Waals surface area contributed by atoms with E-state index in [2.05, 4.69) is 35.4 Å². The lowest BCUT2D eigenvalue weighted by Gasteiger charge is -2.24. The minimum absolute atomic E-state index is 0.571. The van der Waals surface area contributed by atoms with E-state index in [4.69, 9.17) is 4.98 Å². The van der Waals surface area contributed by atoms with Crippen LogP contribution < -0.4 is 5.32 Å². The van der Waals surface area contributed by atoms with Crippen LogP contribution in [0.3, 0.4) is 0 Å². The van der Waals surface area contributed by atoms with Crippen LogP contribution in [-0.4, -0.2) is 21.8 Å². The highest BCUT2D eigenvalue weighted by Crippen LogP contribution is 2.27. The van der Waals surface area contributed by atoms with Gasteiger partial charge in [0.25, 0.3) is 0 Å². The van der Waals surface area contributed by atoms with Gasteiger partial charge in [-0.15, -0.1) is 0 Å². The Morgan fingerprint density at radius 1 is 1.15 bits per heavy atom. The van der Waals surface area contributed by atoms with E-state index in [1.165, 1.54) is 32.1 Å². The number of para-hydroxylation sites is 1. The van der Waals surface area contributed by atoms with E-state index in [-0.39, 0.29) is 0 Å². The first-order chi connectivity index (χ1) is 9.86. The molecule has 2 aromatic rings. The normalized spacial score (nSPS) is 16.4. The predicted molar refractivity (Wildman–Crippen MR) is 86.4 cm³/mol. The summed E-state index contributed by atoms with van der Waals surface area (Å²) in [4.78, 5) is 9.36. The minimum atomic E-state index is 0.571. The van der Waals surface area contributed by atoms with Gasteiger partial charge in [-0.05, 0) is 30.7 Å². The van der Waals surface area contributed by atoms with E-state index in [9.17, 15) is 0 Å². The van der Waals surface area contributed by atoms with Gasteiger partial charge >= 0.3 is 0 Å². The van der Waals surface area contributed by atoms with Gasteiger partial charge in [-0.2, -0.15) is 0 Å². The Balaban J connectivity index is 1.93. The van der Waals surface area contributed by atoms with Crippen LogP contribution >= 0.6 is 11.8 Å². The van der Waals surface area contributed by atoms with Crippen molar-refractivity contribution in [2.24, 2.45) is 0 Å². The molecule has 4 heteroatoms. The van der Waals surface area contributed by atoms with Gasteiger partial charge in [-0.3, -0.25) is 0 Å². The van der Waals surface area contributed by atoms with Crippen LogP contribution in [0.2, 0.25) is 0 Å². The Bertz CT molecular complexity index is 579. The second-order valence-electron chi connectivity index (χ2n) is 5.28. The fraction of sp³-hybridized carbons (Fsp3) is 0.500. The second kappa shape index (κ2) is 6.44. The van der Waals surface area contributed by atoms with Gasteiger partial charge in [0.2, 0.25) is 0 Å². The van der Waals surface area contributed by atoms with Crippen LogP contribution in [0.4, 0.5) is 5.82 Å². The van der Waals surface area contributed by atoms with Gasteiger partial charge in [0.1, 0.15) is 5.82 Å². The van der Waals surface area contributed by atoms with Crippen molar-refractivity contribution in [2.75, 3.05) is 11.1 Å². The smallest absolute Gasteiger partial charge is 0.190 e. The monoisotopic (exact) mass is 287 g/mol. The molecular weight excluding hydrogens is 266 g/mol. The molecule has 106 valence electrons. The van der Waals surface area contributed by atoms with Crippen LogP contribution in [0, 0.1) is 0 Å². The topological polar surface area (TPSA) is 37.8 Å². The number of nitrogens with one attached hydrogen (secondary N) is 1. The van der Waals surface area contributed by atoms with Crippen molar-refractivity contribution < 1.29 is 0 Å². The van der Waals surface area contributed by atoms with Crippen LogP contribution in [0.5, 0.6) is 0 Å². The Kier molecular flexibility index (Phi) is 4.41. The maximum Gasteiger partial charge on any atom is 0.190 e. The number of nitrogens with zero attached hydrogens (tertiary/aromatic N) is 2. The molecule has 1 heterocycles. The number of thioether (sulfide) groups is 1. The van der Waals surface area contributed by atoms with Crippen LogP contribution in [0.15, 0.2) is 29.4 Å². The molecule has 1 fully saturated rings. The summed E-state index contributed by atoms with van der Waals surface area (Å²) in [6, 6.07) is 8.86. The van der Waals surface area contributed by atoms with Crippen molar-refractivity contribution >= 4 is 28.5 Å². The molecule has 0 unspecified atom stereocenters. The lowest BCUT2D eigenvalue weighted by atomic mass is 9.95. The highest BCUT2D eigenvalue weighted by Gasteiger charge is 2.15. The molecule has 1 aliphatic rings. The number of benzene rings is 1. The molecule has 0 saturated heterocycles. The van der Waals surface area contributed by atoms with E-state index >= 15 is 0 Å². The van der Waals surface area contributed by atoms with Crippen molar-refractivity contribution in [2.45, 2.75) is 50.2 Å². The van der Waals surface area contributed by atoms with Gasteiger partial charge in [0.05, 0.1) is 5.52 Å². The third-order valence-corrected chi connectivity index (χ3v) is 4.53. The lowest BCUT2D eigenvalue weighted by Crippen LogP contribution is -2.23. The summed E-state index contributed by atoms with van der Waals surface area (Å²) in [6.45, 7) is 2.14. The molecule has 0 bridgehead atoms. The predicted octanol–water partition coefficient (Wildman–Crippen LogP) is 4.49. The lowest BCUT2D eigenvalue weighted by molar-refractivity contribution is 0.462. The minimum Gasteiger partial charge on any atom is -0.367 e. The number of rotatable bonds is 4. The third-order valence-electron chi connectivity index (χ3n) is 3.80. The number of anilines is 1. The van der Waals surface area contributed by atoms with Gasteiger partial charge < -0.3 is 5.32 Å². The second-order valence-corrected chi connectivity index (χ2v) is 6.52. The molecule has 0 spiro atoms. The molecule has 0 amide bonds. The molecule has 20 heavy (non-hydrogen) atoms. The van der Waals surface area contributed by atoms with E-state index in [1.807, 2.05) is 6.07 Å². The summed E-state index contributed by atoms with van der Waals surface area (Å²) in [5.74, 6) is 2.01. The van der Waals surface area contributed by atoms with E-state index in [0.29, 0.717) is 6.04 Å². The largest absolute Gasteiger partial charge is 0.367 e. The van der Waals surface area contributed by atoms with Gasteiger partial charge in [0.15, 0.2) is 5.16 Å². The molecular formula is C16H21N3S. The molecule has 1 N–H and O–H groups in total. The highest BCUT2D eigenvalue weighted by atomic mass is 32.2. The Morgan fingerprint density at radius 3 is 2.75 bits per heavy atom. The molecule has 1 saturated carbocycles. The molecule has 1 aromatic carbocycles. The van der Waals surface area contributed by atoms with Crippen LogP contribution in [0.1, 0.15) is 39.0 Å². The first-order valence-electron chi connectivity index (χ1n) is 7.53. The van der Waals surface area contributed by atoms with E-state index in [1.54, 1.807) is 11.8 Å². The SMILES string of the molecule is CCSc1nc(NC2CCCCC2)c2ccccc2n1. The van der Waals surface area contributed by atoms with E-state index in [0.717, 1.165) is 27.6 Å². The molecule has 0 aliphatic heterocycles. The van der Waals surface area contributed by atoms with Crippen molar-refractivity contribution in [1.82, 2.24) is 9.97 Å². The van der Waals surface area contributed by atoms with Crippen molar-refractivity contribution in [1.29, 1.82) is 0 Å². The highest BCUT2D eigenvalue weighted by molar-refractivity contribution is 7.99. The number of aromatic nitrogens is 2. The average molecular weight is 287 g/mol. The first-order valence-corrected chi connectivity index (χ1v) is 8.51. The average Bonchev–Trinajstić information content (AvgIpc) is 2.49. The van der Waals surface area contributed by atoms with Crippen LogP contribution in [-0.2, 0) is 0 Å². The van der Waals surface area contributed by atoms with Gasteiger partial charge in [-0.1, -0.05) is 50.1 Å². The Hall–Kier alpha value is -1.29. The van der Waals surface area contributed by atoms with Crippen molar-refractivity contribution in [3.05, 3.63) is 24.3 Å². The summed E-state index contributed by atoms with van der Waals surface area (Å²) in [6.07, 6.45) is 6.55. The fourth-order valence-electron chi connectivity index (χ4n) is 2.80. The third kappa shape index (κ3) is 3.06. The van der Waals surface area contributed by atoms with E-state index < -0.39 is 0 Å². The summed E-state index contributed by atoms with van der Waals surface area (Å²) < 4.78 is 0. The first kappa shape index (κ1) is 13.7. The zero-order valence-corrected chi connectivity index (χ0v) is 12.7. The summed E-state index contributed by atoms with van der Waals surface area (Å²) in [5, 5.41) is 5.67. The molecule has 1 aromatic heterocycles. The molecule has 0 radical (unpaired) electrons. The maximum absolute atomic E-state index is 4.73. The van der Waals surface area contributed by atoms with Crippen molar-refractivity contribution in [3.63, 3.8) is 0 Å². The van der Waals surface area contributed by atoms with Crippen LogP contribution in [0.25, 0.3) is 10.9 Å². The number of fused-ring (bicyclic) bond motifs is 1. The van der Waals surface area contributed by atoms with Crippen molar-refractivity contribution in [3.8, 4) is 0 Å². The summed E-state index contributed by atoms with van der Waals surface area (Å²) in [7, 11) is 0. The quantitative estimate of drug-likeness (QED) is 0.664. The maximum atomic E-state index is 4.73. The molecule has 0 atom stereocenters. The van der Waals surface area contributed by atoms with Gasteiger partial charge in [-0.25, -0.2) is 9.97 Å². The molecule has 3 nitrogen and oxygen atoms in total. The fourth-order valence-corrected chi connectivity index (χ4v) is 3.38. The molecule has 1 aliphatic carbocycles. The Labute approximate surface area is 124 Å².